The molecule has 0 aromatic carbocycles. The molecule has 0 radical (unpaired) electrons. The van der Waals surface area contributed by atoms with Gasteiger partial charge in [-0.15, -0.1) is 0 Å². The van der Waals surface area contributed by atoms with Crippen molar-refractivity contribution in [1.29, 1.82) is 0 Å². The van der Waals surface area contributed by atoms with Gasteiger partial charge in [-0.25, -0.2) is 0 Å². The Bertz CT molecular complexity index is 8.00. The van der Waals surface area contributed by atoms with Crippen molar-refractivity contribution < 1.29 is 0 Å². The number of hydrogen-bond donors (Lipinski definition) is 0. The van der Waals surface area contributed by atoms with Crippen LogP contribution < -0.4 is 0 Å². The predicted molar refractivity (Wildman–Crippen MR) is 38.4 cm³/mol. The molecule has 0 heterocycles. The first-order chi connectivity index (χ1) is 1.00. The fraction of sp³-hybridized carbons (Fsp3) is 0. The number of rotatable bonds is 0. The van der Waals surface area contributed by atoms with Crippen molar-refractivity contribution in [3.63, 3.8) is 0 Å². The topological polar surface area (TPSA) is 0 Å². The van der Waals surface area contributed by atoms with E-state index in [9.17, 15) is 0 Å². The zero-order valence-corrected chi connectivity index (χ0v) is 10.2. The molecule has 0 aliphatic heterocycles. The van der Waals surface area contributed by atoms with Gasteiger partial charge in [0.2, 0.25) is 0 Å². The summed E-state index contributed by atoms with van der Waals surface area (Å²) in [4.78, 5) is 0. The van der Waals surface area contributed by atoms with Crippen LogP contribution in [0.2, 0.25) is 0 Å². The van der Waals surface area contributed by atoms with Crippen LogP contribution in [0.4, 0.5) is 0 Å². The quantitative estimate of drug-likeness (QED) is 0.394. The molecule has 0 N–H and O–H groups in total. The minimum atomic E-state index is 0. The third kappa shape index (κ3) is 9.34. The van der Waals surface area contributed by atoms with Crippen molar-refractivity contribution in [2.75, 3.05) is 0 Å². The molecular weight excluding hydrogens is 275 g/mol. The Hall–Kier alpha value is 1.70. The summed E-state index contributed by atoms with van der Waals surface area (Å²) in [6.07, 6.45) is 0. The fourth-order valence-corrected chi connectivity index (χ4v) is 0. The normalized spacial score (nSPS) is 2.00. The molecule has 0 saturated heterocycles. The average Bonchev–Trinajstić information content (AvgIpc) is 1.00. The molecule has 0 unspecified atom stereocenters. The maximum atomic E-state index is 2.14. The maximum absolute atomic E-state index is 2.14. The Morgan fingerprint density at radius 3 is 1.25 bits per heavy atom. The van der Waals surface area contributed by atoms with E-state index in [2.05, 4.69) is 7.44 Å². The van der Waals surface area contributed by atoms with Crippen molar-refractivity contribution >= 4 is 61.1 Å². The second-order valence-electron chi connectivity index (χ2n) is 0. The molecule has 0 fully saturated rings. The molecule has 0 aromatic heterocycles. The molecule has 0 spiro atoms. The van der Waals surface area contributed by atoms with Crippen LogP contribution in [0.1, 0.15) is 0 Å². The van der Waals surface area contributed by atoms with Gasteiger partial charge in [-0.05, 0) is 10.1 Å². The molecular formula is H11AlBBiSi. The predicted octanol–water partition coefficient (Wildman–Crippen LogP) is -4.47. The van der Waals surface area contributed by atoms with E-state index in [1.54, 1.807) is 0 Å². The first-order valence-corrected chi connectivity index (χ1v) is 3.00. The zero-order chi connectivity index (χ0) is 2.00. The Morgan fingerprint density at radius 1 is 1.25 bits per heavy atom. The summed E-state index contributed by atoms with van der Waals surface area (Å²) in [5, 5.41) is 0. The standard InChI is InChI=1S/Al.BH5Si.Bi.6H/c;1-2;;;;;;;/h;1H2,2H3;;;;;;;. The monoisotopic (exact) mass is 286 g/mol. The van der Waals surface area contributed by atoms with Gasteiger partial charge in [-0.2, -0.15) is 0 Å². The van der Waals surface area contributed by atoms with Gasteiger partial charge in [-0.3, -0.25) is 0 Å². The first-order valence-electron chi connectivity index (χ1n) is 1.00. The Labute approximate surface area is 60.8 Å². The van der Waals surface area contributed by atoms with E-state index in [4.69, 9.17) is 0 Å². The third-order valence-electron chi connectivity index (χ3n) is 0. The van der Waals surface area contributed by atoms with Gasteiger partial charge in [0.1, 0.15) is 0 Å². The summed E-state index contributed by atoms with van der Waals surface area (Å²) in [5.41, 5.74) is 0. The first kappa shape index (κ1) is 17.3. The summed E-state index contributed by atoms with van der Waals surface area (Å²) in [7, 11) is 3.44. The molecule has 0 aliphatic rings. The van der Waals surface area contributed by atoms with Crippen LogP contribution in [0.25, 0.3) is 0 Å². The van der Waals surface area contributed by atoms with Crippen LogP contribution in [0.5, 0.6) is 0 Å². The third-order valence-corrected chi connectivity index (χ3v) is 0. The van der Waals surface area contributed by atoms with Gasteiger partial charge in [-0.1, -0.05) is 0 Å². The molecule has 0 nitrogen and oxygen atoms in total. The molecule has 0 aliphatic carbocycles. The van der Waals surface area contributed by atoms with E-state index in [-0.39, 0.29) is 43.6 Å². The Morgan fingerprint density at radius 2 is 1.25 bits per heavy atom. The SMILES string of the molecule is B[SiH3].[AlH3].[BiH3]. The molecule has 4 heavy (non-hydrogen) atoms. The van der Waals surface area contributed by atoms with E-state index in [1.807, 2.05) is 0 Å². The molecule has 0 bridgehead atoms. The molecule has 0 saturated carbocycles. The van der Waals surface area contributed by atoms with Gasteiger partial charge < -0.3 is 0 Å². The van der Waals surface area contributed by atoms with Crippen LogP contribution in [0, 0.1) is 0 Å². The van der Waals surface area contributed by atoms with E-state index in [0.29, 0.717) is 0 Å². The summed E-state index contributed by atoms with van der Waals surface area (Å²) in [6.45, 7) is 0. The molecule has 0 aromatic rings. The van der Waals surface area contributed by atoms with Crippen molar-refractivity contribution in [2.45, 2.75) is 0 Å². The Balaban J connectivity index is -0.00000000500. The van der Waals surface area contributed by atoms with E-state index < -0.39 is 0 Å². The summed E-state index contributed by atoms with van der Waals surface area (Å²) >= 11 is 0. The molecule has 4 heteroatoms. The van der Waals surface area contributed by atoms with Crippen LogP contribution in [0.3, 0.4) is 0 Å². The van der Waals surface area contributed by atoms with Crippen LogP contribution >= 0.6 is 0 Å². The van der Waals surface area contributed by atoms with Crippen molar-refractivity contribution in [2.24, 2.45) is 0 Å². The van der Waals surface area contributed by atoms with Gasteiger partial charge >= 0.3 is 26.2 Å². The minimum absolute atomic E-state index is 0. The van der Waals surface area contributed by atoms with Gasteiger partial charge in [0, 0.05) is 0 Å². The molecule has 0 atom stereocenters. The van der Waals surface area contributed by atoms with Gasteiger partial charge in [0.25, 0.3) is 0 Å². The summed E-state index contributed by atoms with van der Waals surface area (Å²) in [5.74, 6) is 0. The summed E-state index contributed by atoms with van der Waals surface area (Å²) < 4.78 is 0. The van der Waals surface area contributed by atoms with Crippen LogP contribution in [-0.4, -0.2) is 61.1 Å². The molecule has 0 amide bonds. The summed E-state index contributed by atoms with van der Waals surface area (Å²) in [6, 6.07) is 0. The van der Waals surface area contributed by atoms with E-state index >= 15 is 0 Å². The van der Waals surface area contributed by atoms with E-state index in [1.165, 1.54) is 10.1 Å². The molecule has 26 valence electrons. The second-order valence-corrected chi connectivity index (χ2v) is 0. The van der Waals surface area contributed by atoms with Crippen molar-refractivity contribution in [3.8, 4) is 0 Å². The number of hydrogen-bond acceptors (Lipinski definition) is 0. The van der Waals surface area contributed by atoms with Gasteiger partial charge in [0.05, 0.1) is 7.44 Å². The van der Waals surface area contributed by atoms with Crippen LogP contribution in [-0.2, 0) is 0 Å². The molecule has 0 rings (SSSR count). The van der Waals surface area contributed by atoms with Gasteiger partial charge in [0.15, 0.2) is 17.4 Å². The fourth-order valence-electron chi connectivity index (χ4n) is 0. The average molecular weight is 286 g/mol. The van der Waals surface area contributed by atoms with Crippen molar-refractivity contribution in [1.82, 2.24) is 0 Å². The second kappa shape index (κ2) is 22.3. The van der Waals surface area contributed by atoms with E-state index in [0.717, 1.165) is 0 Å². The van der Waals surface area contributed by atoms with Crippen LogP contribution in [0.15, 0.2) is 0 Å². The van der Waals surface area contributed by atoms with Crippen molar-refractivity contribution in [3.05, 3.63) is 0 Å². The Kier molecular flexibility index (Phi) is 96.3. The zero-order valence-electron chi connectivity index (χ0n) is 2.71.